The fourth-order valence-corrected chi connectivity index (χ4v) is 1.34. The summed E-state index contributed by atoms with van der Waals surface area (Å²) < 4.78 is 9.58. The Morgan fingerprint density at radius 3 is 2.63 bits per heavy atom. The number of esters is 1. The molecule has 104 valence electrons. The van der Waals surface area contributed by atoms with Gasteiger partial charge in [-0.05, 0) is 25.1 Å². The summed E-state index contributed by atoms with van der Waals surface area (Å²) in [6.45, 7) is 1.23. The summed E-state index contributed by atoms with van der Waals surface area (Å²) in [5.41, 5.74) is 0.145. The summed E-state index contributed by atoms with van der Waals surface area (Å²) in [6.07, 6.45) is -0.443. The van der Waals surface area contributed by atoms with Crippen LogP contribution in [-0.4, -0.2) is 48.4 Å². The second-order valence-corrected chi connectivity index (χ2v) is 3.95. The van der Waals surface area contributed by atoms with E-state index in [1.807, 2.05) is 0 Å². The van der Waals surface area contributed by atoms with Crippen molar-refractivity contribution in [3.8, 4) is 5.75 Å². The third-order valence-corrected chi connectivity index (χ3v) is 2.48. The van der Waals surface area contributed by atoms with Crippen LogP contribution in [-0.2, 0) is 9.47 Å². The van der Waals surface area contributed by atoms with Gasteiger partial charge in [-0.15, -0.1) is 0 Å². The number of rotatable bonds is 6. The number of aliphatic hydroxyl groups is 1. The largest absolute Gasteiger partial charge is 0.507 e. The molecule has 6 heteroatoms. The highest BCUT2D eigenvalue weighted by Gasteiger charge is 2.16. The van der Waals surface area contributed by atoms with Crippen molar-refractivity contribution in [2.75, 3.05) is 20.3 Å². The van der Waals surface area contributed by atoms with Crippen LogP contribution in [0.2, 0.25) is 0 Å². The smallest absolute Gasteiger partial charge is 0.341 e. The molecule has 0 spiro atoms. The number of hydrogen-bond donors (Lipinski definition) is 2. The van der Waals surface area contributed by atoms with Gasteiger partial charge in [0.05, 0.1) is 19.8 Å². The van der Waals surface area contributed by atoms with E-state index in [9.17, 15) is 14.7 Å². The third kappa shape index (κ3) is 4.04. The highest BCUT2D eigenvalue weighted by molar-refractivity contribution is 6.01. The van der Waals surface area contributed by atoms with Crippen molar-refractivity contribution >= 4 is 11.8 Å². The van der Waals surface area contributed by atoms with Crippen LogP contribution in [0, 0.1) is 0 Å². The zero-order valence-electron chi connectivity index (χ0n) is 10.8. The van der Waals surface area contributed by atoms with Gasteiger partial charge < -0.3 is 19.7 Å². The first kappa shape index (κ1) is 15.1. The summed E-state index contributed by atoms with van der Waals surface area (Å²) in [6, 6.07) is 3.88. The first-order chi connectivity index (χ1) is 8.99. The number of benzene rings is 1. The summed E-state index contributed by atoms with van der Waals surface area (Å²) >= 11 is 0. The molecule has 0 aliphatic rings. The monoisotopic (exact) mass is 268 g/mol. The number of aromatic hydroxyl groups is 1. The number of carbonyl (C=O) groups is 2. The number of aliphatic hydroxyl groups excluding tert-OH is 1. The summed E-state index contributed by atoms with van der Waals surface area (Å²) in [7, 11) is 1.18. The summed E-state index contributed by atoms with van der Waals surface area (Å²) in [5.74, 6) is -1.34. The molecule has 2 N–H and O–H groups in total. The zero-order valence-corrected chi connectivity index (χ0v) is 10.8. The van der Waals surface area contributed by atoms with E-state index in [1.165, 1.54) is 25.3 Å². The van der Waals surface area contributed by atoms with E-state index in [0.29, 0.717) is 0 Å². The molecule has 0 aliphatic heterocycles. The number of hydrogen-bond acceptors (Lipinski definition) is 6. The van der Waals surface area contributed by atoms with Gasteiger partial charge in [0.15, 0.2) is 5.78 Å². The molecule has 1 aromatic rings. The predicted molar refractivity (Wildman–Crippen MR) is 66.3 cm³/mol. The van der Waals surface area contributed by atoms with E-state index in [4.69, 9.17) is 9.84 Å². The Morgan fingerprint density at radius 1 is 1.37 bits per heavy atom. The Balaban J connectivity index is 2.84. The average molecular weight is 268 g/mol. The number of ketones is 1. The zero-order chi connectivity index (χ0) is 14.4. The van der Waals surface area contributed by atoms with Gasteiger partial charge in [0.1, 0.15) is 17.9 Å². The van der Waals surface area contributed by atoms with Gasteiger partial charge in [-0.3, -0.25) is 4.79 Å². The molecule has 0 radical (unpaired) electrons. The Hall–Kier alpha value is -1.92. The molecule has 1 unspecified atom stereocenters. The molecule has 0 aromatic heterocycles. The number of phenolic OH excluding ortho intramolecular Hbond substituents is 1. The Kier molecular flexibility index (Phi) is 5.47. The lowest BCUT2D eigenvalue weighted by atomic mass is 10.1. The van der Waals surface area contributed by atoms with Gasteiger partial charge >= 0.3 is 5.97 Å². The predicted octanol–water partition coefficient (Wildman–Crippen LogP) is 0.759. The summed E-state index contributed by atoms with van der Waals surface area (Å²) in [5, 5.41) is 18.3. The minimum absolute atomic E-state index is 0.0800. The lowest BCUT2D eigenvalue weighted by Crippen LogP contribution is -2.19. The van der Waals surface area contributed by atoms with Crippen molar-refractivity contribution in [1.82, 2.24) is 0 Å². The quantitative estimate of drug-likeness (QED) is 0.584. The maximum absolute atomic E-state index is 11.8. The molecular formula is C13H16O6. The van der Waals surface area contributed by atoms with E-state index < -0.39 is 12.1 Å². The molecule has 0 fully saturated rings. The molecule has 0 aliphatic carbocycles. The molecule has 1 rings (SSSR count). The standard InChI is InChI=1S/C13H16O6/c1-8(6-14)19-7-12(16)9-3-4-11(15)10(5-9)13(17)18-2/h3-5,8,14-15H,6-7H2,1-2H3. The average Bonchev–Trinajstić information content (AvgIpc) is 2.43. The fourth-order valence-electron chi connectivity index (χ4n) is 1.34. The van der Waals surface area contributed by atoms with E-state index in [-0.39, 0.29) is 35.9 Å². The second-order valence-electron chi connectivity index (χ2n) is 3.95. The highest BCUT2D eigenvalue weighted by atomic mass is 16.5. The van der Waals surface area contributed by atoms with Crippen LogP contribution in [0.25, 0.3) is 0 Å². The van der Waals surface area contributed by atoms with Gasteiger partial charge in [0.25, 0.3) is 0 Å². The van der Waals surface area contributed by atoms with Crippen molar-refractivity contribution in [2.45, 2.75) is 13.0 Å². The molecule has 0 bridgehead atoms. The molecule has 0 saturated carbocycles. The first-order valence-electron chi connectivity index (χ1n) is 5.66. The maximum Gasteiger partial charge on any atom is 0.341 e. The van der Waals surface area contributed by atoms with Crippen LogP contribution in [0.4, 0.5) is 0 Å². The van der Waals surface area contributed by atoms with Crippen molar-refractivity contribution in [3.05, 3.63) is 29.3 Å². The number of carbonyl (C=O) groups excluding carboxylic acids is 2. The van der Waals surface area contributed by atoms with Crippen LogP contribution < -0.4 is 0 Å². The van der Waals surface area contributed by atoms with Gasteiger partial charge in [0.2, 0.25) is 0 Å². The molecule has 1 aromatic carbocycles. The molecule has 1 atom stereocenters. The fraction of sp³-hybridized carbons (Fsp3) is 0.385. The minimum atomic E-state index is -0.725. The van der Waals surface area contributed by atoms with Gasteiger partial charge in [-0.25, -0.2) is 4.79 Å². The first-order valence-corrected chi connectivity index (χ1v) is 5.66. The minimum Gasteiger partial charge on any atom is -0.507 e. The number of methoxy groups -OCH3 is 1. The number of phenols is 1. The van der Waals surface area contributed by atoms with Gasteiger partial charge in [-0.2, -0.15) is 0 Å². The van der Waals surface area contributed by atoms with Crippen LogP contribution in [0.15, 0.2) is 18.2 Å². The van der Waals surface area contributed by atoms with E-state index in [0.717, 1.165) is 0 Å². The topological polar surface area (TPSA) is 93.1 Å². The van der Waals surface area contributed by atoms with Gasteiger partial charge in [-0.1, -0.05) is 0 Å². The molecular weight excluding hydrogens is 252 g/mol. The van der Waals surface area contributed by atoms with Crippen molar-refractivity contribution < 1.29 is 29.3 Å². The van der Waals surface area contributed by atoms with E-state index in [1.54, 1.807) is 6.92 Å². The highest BCUT2D eigenvalue weighted by Crippen LogP contribution is 2.19. The SMILES string of the molecule is COC(=O)c1cc(C(=O)COC(C)CO)ccc1O. The second kappa shape index (κ2) is 6.86. The normalized spacial score (nSPS) is 11.9. The Bertz CT molecular complexity index is 468. The lowest BCUT2D eigenvalue weighted by molar-refractivity contribution is 0.0259. The van der Waals surface area contributed by atoms with E-state index in [2.05, 4.69) is 4.74 Å². The van der Waals surface area contributed by atoms with E-state index >= 15 is 0 Å². The van der Waals surface area contributed by atoms with Crippen LogP contribution in [0.1, 0.15) is 27.6 Å². The molecule has 6 nitrogen and oxygen atoms in total. The maximum atomic E-state index is 11.8. The molecule has 19 heavy (non-hydrogen) atoms. The Labute approximate surface area is 110 Å². The molecule has 0 heterocycles. The lowest BCUT2D eigenvalue weighted by Gasteiger charge is -2.10. The molecule has 0 amide bonds. The van der Waals surface area contributed by atoms with Crippen molar-refractivity contribution in [3.63, 3.8) is 0 Å². The van der Waals surface area contributed by atoms with Crippen LogP contribution in [0.5, 0.6) is 5.75 Å². The number of ether oxygens (including phenoxy) is 2. The van der Waals surface area contributed by atoms with Crippen molar-refractivity contribution in [2.24, 2.45) is 0 Å². The number of Topliss-reactive ketones (excluding diaryl/α,β-unsaturated/α-hetero) is 1. The van der Waals surface area contributed by atoms with Crippen LogP contribution in [0.3, 0.4) is 0 Å². The van der Waals surface area contributed by atoms with Gasteiger partial charge in [0, 0.05) is 5.56 Å². The van der Waals surface area contributed by atoms with Crippen molar-refractivity contribution in [1.29, 1.82) is 0 Å². The Morgan fingerprint density at radius 2 is 2.05 bits per heavy atom. The molecule has 0 saturated heterocycles. The summed E-state index contributed by atoms with van der Waals surface area (Å²) in [4.78, 5) is 23.2. The third-order valence-electron chi connectivity index (χ3n) is 2.48. The van der Waals surface area contributed by atoms with Crippen LogP contribution >= 0.6 is 0 Å².